The standard InChI is InChI=1S/C8H12N2/c1-4-9-6-8(3)7-10-5-2/h4-7H,1H2,2-3H3/b8-7-,9-6-,10-5+. The number of hydrogen-bond donors (Lipinski definition) is 0. The van der Waals surface area contributed by atoms with Crippen molar-refractivity contribution in [3.63, 3.8) is 0 Å². The van der Waals surface area contributed by atoms with Gasteiger partial charge >= 0.3 is 0 Å². The van der Waals surface area contributed by atoms with Crippen molar-refractivity contribution in [2.45, 2.75) is 13.8 Å². The first kappa shape index (κ1) is 8.82. The van der Waals surface area contributed by atoms with E-state index in [0.717, 1.165) is 5.57 Å². The molecular weight excluding hydrogens is 124 g/mol. The summed E-state index contributed by atoms with van der Waals surface area (Å²) in [5, 5.41) is 0. The summed E-state index contributed by atoms with van der Waals surface area (Å²) in [6.07, 6.45) is 6.67. The maximum absolute atomic E-state index is 3.91. The summed E-state index contributed by atoms with van der Waals surface area (Å²) in [6, 6.07) is 0. The third-order valence-corrected chi connectivity index (χ3v) is 0.811. The molecule has 0 aliphatic heterocycles. The largest absolute Gasteiger partial charge is 0.269 e. The van der Waals surface area contributed by atoms with Gasteiger partial charge in [-0.25, -0.2) is 0 Å². The molecule has 0 radical (unpaired) electrons. The lowest BCUT2D eigenvalue weighted by Gasteiger charge is -1.83. The van der Waals surface area contributed by atoms with Crippen LogP contribution >= 0.6 is 0 Å². The van der Waals surface area contributed by atoms with Crippen molar-refractivity contribution in [1.29, 1.82) is 0 Å². The van der Waals surface area contributed by atoms with Crippen LogP contribution < -0.4 is 0 Å². The minimum absolute atomic E-state index is 1.01. The Hall–Kier alpha value is -1.18. The lowest BCUT2D eigenvalue weighted by molar-refractivity contribution is 1.46. The molecule has 0 saturated carbocycles. The van der Waals surface area contributed by atoms with E-state index < -0.39 is 0 Å². The molecule has 0 bridgehead atoms. The van der Waals surface area contributed by atoms with Gasteiger partial charge in [0.1, 0.15) is 0 Å². The molecule has 0 fully saturated rings. The van der Waals surface area contributed by atoms with E-state index in [2.05, 4.69) is 16.6 Å². The molecule has 54 valence electrons. The number of aliphatic imine (C=N–C) groups is 2. The van der Waals surface area contributed by atoms with Crippen molar-refractivity contribution < 1.29 is 0 Å². The molecule has 0 amide bonds. The van der Waals surface area contributed by atoms with Crippen LogP contribution in [0.5, 0.6) is 0 Å². The van der Waals surface area contributed by atoms with Crippen LogP contribution in [0.15, 0.2) is 34.5 Å². The van der Waals surface area contributed by atoms with Crippen molar-refractivity contribution in [2.24, 2.45) is 9.98 Å². The van der Waals surface area contributed by atoms with Gasteiger partial charge in [-0.15, -0.1) is 0 Å². The molecule has 2 nitrogen and oxygen atoms in total. The Morgan fingerprint density at radius 3 is 2.60 bits per heavy atom. The van der Waals surface area contributed by atoms with Crippen LogP contribution in [0.3, 0.4) is 0 Å². The molecule has 0 heterocycles. The molecule has 0 saturated heterocycles. The highest BCUT2D eigenvalue weighted by molar-refractivity contribution is 5.78. The molecule has 0 rings (SSSR count). The van der Waals surface area contributed by atoms with Crippen LogP contribution in [-0.4, -0.2) is 12.4 Å². The topological polar surface area (TPSA) is 24.7 Å². The summed E-state index contributed by atoms with van der Waals surface area (Å²) in [5.41, 5.74) is 1.01. The fourth-order valence-electron chi connectivity index (χ4n) is 0.396. The Labute approximate surface area is 61.7 Å². The number of nitrogens with zero attached hydrogens (tertiary/aromatic N) is 2. The minimum atomic E-state index is 1.01. The van der Waals surface area contributed by atoms with E-state index in [4.69, 9.17) is 0 Å². The van der Waals surface area contributed by atoms with Gasteiger partial charge in [-0.2, -0.15) is 0 Å². The summed E-state index contributed by atoms with van der Waals surface area (Å²) in [6.45, 7) is 7.25. The zero-order valence-corrected chi connectivity index (χ0v) is 6.41. The number of allylic oxidation sites excluding steroid dienone is 1. The van der Waals surface area contributed by atoms with Gasteiger partial charge in [0.25, 0.3) is 0 Å². The zero-order valence-electron chi connectivity index (χ0n) is 6.41. The maximum atomic E-state index is 3.91. The highest BCUT2D eigenvalue weighted by Gasteiger charge is 1.75. The van der Waals surface area contributed by atoms with Gasteiger partial charge in [0, 0.05) is 24.8 Å². The summed E-state index contributed by atoms with van der Waals surface area (Å²) in [5.74, 6) is 0. The smallest absolute Gasteiger partial charge is 0.0312 e. The van der Waals surface area contributed by atoms with Gasteiger partial charge in [0.2, 0.25) is 0 Å². The Bertz CT molecular complexity index is 176. The van der Waals surface area contributed by atoms with E-state index in [1.165, 1.54) is 6.20 Å². The Balaban J connectivity index is 3.93. The average molecular weight is 136 g/mol. The van der Waals surface area contributed by atoms with Crippen molar-refractivity contribution >= 4 is 12.4 Å². The van der Waals surface area contributed by atoms with Crippen molar-refractivity contribution in [3.05, 3.63) is 24.6 Å². The number of rotatable bonds is 3. The van der Waals surface area contributed by atoms with Crippen molar-refractivity contribution in [1.82, 2.24) is 0 Å². The van der Waals surface area contributed by atoms with E-state index in [1.54, 1.807) is 18.6 Å². The predicted molar refractivity (Wildman–Crippen MR) is 46.6 cm³/mol. The summed E-state index contributed by atoms with van der Waals surface area (Å²) >= 11 is 0. The second kappa shape index (κ2) is 5.95. The second-order valence-corrected chi connectivity index (χ2v) is 1.74. The molecular formula is C8H12N2. The SMILES string of the molecule is C=C\N=C/C(C)=C\N=C\C. The Morgan fingerprint density at radius 2 is 2.10 bits per heavy atom. The van der Waals surface area contributed by atoms with Gasteiger partial charge in [-0.05, 0) is 19.4 Å². The van der Waals surface area contributed by atoms with Gasteiger partial charge in [0.05, 0.1) is 0 Å². The molecule has 0 aliphatic rings. The van der Waals surface area contributed by atoms with Crippen LogP contribution in [0.1, 0.15) is 13.8 Å². The summed E-state index contributed by atoms with van der Waals surface area (Å²) in [7, 11) is 0. The van der Waals surface area contributed by atoms with E-state index in [0.29, 0.717) is 0 Å². The van der Waals surface area contributed by atoms with Gasteiger partial charge in [0.15, 0.2) is 0 Å². The Kier molecular flexibility index (Phi) is 5.25. The highest BCUT2D eigenvalue weighted by Crippen LogP contribution is 1.87. The highest BCUT2D eigenvalue weighted by atomic mass is 14.7. The average Bonchev–Trinajstić information content (AvgIpc) is 1.97. The first-order chi connectivity index (χ1) is 4.81. The van der Waals surface area contributed by atoms with Gasteiger partial charge < -0.3 is 0 Å². The minimum Gasteiger partial charge on any atom is -0.269 e. The lowest BCUT2D eigenvalue weighted by atomic mass is 10.4. The summed E-state index contributed by atoms with van der Waals surface area (Å²) < 4.78 is 0. The van der Waals surface area contributed by atoms with Crippen molar-refractivity contribution in [2.75, 3.05) is 0 Å². The van der Waals surface area contributed by atoms with E-state index >= 15 is 0 Å². The monoisotopic (exact) mass is 136 g/mol. The van der Waals surface area contributed by atoms with Crippen LogP contribution in [0.4, 0.5) is 0 Å². The van der Waals surface area contributed by atoms with Crippen molar-refractivity contribution in [3.8, 4) is 0 Å². The third kappa shape index (κ3) is 4.97. The zero-order chi connectivity index (χ0) is 7.82. The van der Waals surface area contributed by atoms with Crippen LogP contribution in [0.25, 0.3) is 0 Å². The van der Waals surface area contributed by atoms with E-state index in [-0.39, 0.29) is 0 Å². The molecule has 0 aromatic carbocycles. The molecule has 0 aromatic rings. The molecule has 2 heteroatoms. The third-order valence-electron chi connectivity index (χ3n) is 0.811. The molecule has 0 atom stereocenters. The quantitative estimate of drug-likeness (QED) is 0.531. The molecule has 0 aromatic heterocycles. The molecule has 0 aliphatic carbocycles. The Morgan fingerprint density at radius 1 is 1.40 bits per heavy atom. The molecule has 10 heavy (non-hydrogen) atoms. The van der Waals surface area contributed by atoms with Gasteiger partial charge in [-0.1, -0.05) is 6.58 Å². The molecule has 0 spiro atoms. The first-order valence-corrected chi connectivity index (χ1v) is 3.10. The first-order valence-electron chi connectivity index (χ1n) is 3.10. The van der Waals surface area contributed by atoms with Crippen LogP contribution in [-0.2, 0) is 0 Å². The van der Waals surface area contributed by atoms with Crippen LogP contribution in [0, 0.1) is 0 Å². The molecule has 0 unspecified atom stereocenters. The van der Waals surface area contributed by atoms with E-state index in [1.807, 2.05) is 13.8 Å². The fourth-order valence-corrected chi connectivity index (χ4v) is 0.396. The second-order valence-electron chi connectivity index (χ2n) is 1.74. The van der Waals surface area contributed by atoms with Crippen LogP contribution in [0.2, 0.25) is 0 Å². The molecule has 0 N–H and O–H groups in total. The fraction of sp³-hybridized carbons (Fsp3) is 0.250. The maximum Gasteiger partial charge on any atom is 0.0312 e. The predicted octanol–water partition coefficient (Wildman–Crippen LogP) is 2.20. The number of hydrogen-bond acceptors (Lipinski definition) is 2. The van der Waals surface area contributed by atoms with Gasteiger partial charge in [-0.3, -0.25) is 9.98 Å². The lowest BCUT2D eigenvalue weighted by Crippen LogP contribution is -1.73. The normalized spacial score (nSPS) is 13.2. The summed E-state index contributed by atoms with van der Waals surface area (Å²) in [4.78, 5) is 7.73. The van der Waals surface area contributed by atoms with E-state index in [9.17, 15) is 0 Å².